The average Bonchev–Trinajstić information content (AvgIpc) is 2.44. The van der Waals surface area contributed by atoms with Crippen LogP contribution in [0.1, 0.15) is 37.7 Å². The lowest BCUT2D eigenvalue weighted by molar-refractivity contribution is 0.392. The molecule has 0 spiro atoms. The molecule has 1 aromatic carbocycles. The Bertz CT molecular complexity index is 473. The molecule has 0 unspecified atom stereocenters. The molecule has 1 aliphatic rings. The molecule has 1 fully saturated rings. The van der Waals surface area contributed by atoms with E-state index in [0.29, 0.717) is 16.1 Å². The minimum absolute atomic E-state index is 0.535. The van der Waals surface area contributed by atoms with Crippen molar-refractivity contribution >= 4 is 40.5 Å². The Morgan fingerprint density at radius 3 is 2.60 bits per heavy atom. The van der Waals surface area contributed by atoms with Crippen LogP contribution in [0.4, 0.5) is 0 Å². The normalized spacial score (nSPS) is 15.9. The molecular formula is C15H20Cl2N2S. The minimum atomic E-state index is 0.535. The van der Waals surface area contributed by atoms with Crippen LogP contribution in [0.2, 0.25) is 10.0 Å². The van der Waals surface area contributed by atoms with E-state index in [0.717, 1.165) is 17.2 Å². The number of nitrogens with zero attached hydrogens (tertiary/aromatic N) is 1. The first-order valence-corrected chi connectivity index (χ1v) is 8.18. The third-order valence-electron chi connectivity index (χ3n) is 3.68. The van der Waals surface area contributed by atoms with Crippen molar-refractivity contribution in [2.45, 2.75) is 44.7 Å². The first-order chi connectivity index (χ1) is 9.56. The van der Waals surface area contributed by atoms with Gasteiger partial charge in [0.25, 0.3) is 0 Å². The fourth-order valence-electron chi connectivity index (χ4n) is 2.52. The zero-order valence-electron chi connectivity index (χ0n) is 11.7. The van der Waals surface area contributed by atoms with Gasteiger partial charge in [-0.2, -0.15) is 0 Å². The maximum atomic E-state index is 6.03. The summed E-state index contributed by atoms with van der Waals surface area (Å²) in [6.07, 6.45) is 6.40. The van der Waals surface area contributed by atoms with E-state index in [2.05, 4.69) is 5.32 Å². The van der Waals surface area contributed by atoms with Crippen LogP contribution in [-0.2, 0) is 6.54 Å². The molecule has 0 heterocycles. The van der Waals surface area contributed by atoms with Gasteiger partial charge < -0.3 is 10.2 Å². The summed E-state index contributed by atoms with van der Waals surface area (Å²) < 4.78 is 0. The maximum Gasteiger partial charge on any atom is 0.169 e. The summed E-state index contributed by atoms with van der Waals surface area (Å²) in [7, 11) is 2.00. The van der Waals surface area contributed by atoms with E-state index in [1.165, 1.54) is 32.1 Å². The van der Waals surface area contributed by atoms with Gasteiger partial charge in [0.1, 0.15) is 0 Å². The molecule has 2 rings (SSSR count). The highest BCUT2D eigenvalue weighted by molar-refractivity contribution is 7.80. The van der Waals surface area contributed by atoms with Crippen LogP contribution in [0.15, 0.2) is 18.2 Å². The molecule has 0 radical (unpaired) electrons. The zero-order chi connectivity index (χ0) is 14.5. The molecule has 0 amide bonds. The number of rotatable bonds is 3. The van der Waals surface area contributed by atoms with Gasteiger partial charge in [-0.15, -0.1) is 0 Å². The van der Waals surface area contributed by atoms with Crippen molar-refractivity contribution in [3.05, 3.63) is 33.8 Å². The van der Waals surface area contributed by atoms with Gasteiger partial charge in [0.2, 0.25) is 0 Å². The quantitative estimate of drug-likeness (QED) is 0.813. The molecule has 5 heteroatoms. The second-order valence-electron chi connectivity index (χ2n) is 5.39. The molecule has 20 heavy (non-hydrogen) atoms. The van der Waals surface area contributed by atoms with Gasteiger partial charge in [-0.3, -0.25) is 0 Å². The average molecular weight is 331 g/mol. The number of halogens is 2. The maximum absolute atomic E-state index is 6.03. The van der Waals surface area contributed by atoms with E-state index >= 15 is 0 Å². The molecule has 0 bridgehead atoms. The molecule has 1 saturated carbocycles. The minimum Gasteiger partial charge on any atom is -0.360 e. The largest absolute Gasteiger partial charge is 0.360 e. The summed E-state index contributed by atoms with van der Waals surface area (Å²) in [4.78, 5) is 2.05. The number of benzene rings is 1. The lowest BCUT2D eigenvalue weighted by Crippen LogP contribution is -2.43. The Labute approximate surface area is 136 Å². The third kappa shape index (κ3) is 4.51. The van der Waals surface area contributed by atoms with Crippen LogP contribution in [-0.4, -0.2) is 23.1 Å². The van der Waals surface area contributed by atoms with Crippen LogP contribution < -0.4 is 5.32 Å². The van der Waals surface area contributed by atoms with Gasteiger partial charge in [0.05, 0.1) is 10.0 Å². The summed E-state index contributed by atoms with van der Waals surface area (Å²) in [5.74, 6) is 0. The second kappa shape index (κ2) is 7.48. The molecule has 1 aromatic rings. The van der Waals surface area contributed by atoms with E-state index in [1.807, 2.05) is 30.1 Å². The molecule has 1 aliphatic carbocycles. The Balaban J connectivity index is 1.88. The van der Waals surface area contributed by atoms with Gasteiger partial charge in [-0.1, -0.05) is 48.5 Å². The predicted molar refractivity (Wildman–Crippen MR) is 90.5 cm³/mol. The summed E-state index contributed by atoms with van der Waals surface area (Å²) >= 11 is 17.4. The standard InChI is InChI=1S/C15H20Cl2N2S/c1-19(10-11-7-8-13(16)14(17)9-11)15(20)18-12-5-3-2-4-6-12/h7-9,12H,2-6,10H2,1H3,(H,18,20). The SMILES string of the molecule is CN(Cc1ccc(Cl)c(Cl)c1)C(=S)NC1CCCCC1. The first kappa shape index (κ1) is 15.9. The fraction of sp³-hybridized carbons (Fsp3) is 0.533. The summed E-state index contributed by atoms with van der Waals surface area (Å²) in [6, 6.07) is 6.23. The Kier molecular flexibility index (Phi) is 5.94. The smallest absolute Gasteiger partial charge is 0.169 e. The molecule has 110 valence electrons. The van der Waals surface area contributed by atoms with Crippen LogP contribution in [0.5, 0.6) is 0 Å². The molecule has 0 atom stereocenters. The predicted octanol–water partition coefficient (Wildman–Crippen LogP) is 4.63. The van der Waals surface area contributed by atoms with Crippen molar-refractivity contribution < 1.29 is 0 Å². The molecule has 0 saturated heterocycles. The third-order valence-corrected chi connectivity index (χ3v) is 4.85. The van der Waals surface area contributed by atoms with E-state index in [9.17, 15) is 0 Å². The van der Waals surface area contributed by atoms with Crippen molar-refractivity contribution in [1.29, 1.82) is 0 Å². The highest BCUT2D eigenvalue weighted by atomic mass is 35.5. The van der Waals surface area contributed by atoms with E-state index in [-0.39, 0.29) is 0 Å². The summed E-state index contributed by atoms with van der Waals surface area (Å²) in [5.41, 5.74) is 1.11. The van der Waals surface area contributed by atoms with E-state index in [4.69, 9.17) is 35.4 Å². The highest BCUT2D eigenvalue weighted by Gasteiger charge is 2.15. The topological polar surface area (TPSA) is 15.3 Å². The monoisotopic (exact) mass is 330 g/mol. The molecule has 1 N–H and O–H groups in total. The number of hydrogen-bond acceptors (Lipinski definition) is 1. The van der Waals surface area contributed by atoms with Gasteiger partial charge in [0, 0.05) is 19.6 Å². The lowest BCUT2D eigenvalue weighted by Gasteiger charge is -2.28. The van der Waals surface area contributed by atoms with Crippen molar-refractivity contribution in [3.63, 3.8) is 0 Å². The van der Waals surface area contributed by atoms with Gasteiger partial charge in [0.15, 0.2) is 5.11 Å². The Hall–Kier alpha value is -0.510. The van der Waals surface area contributed by atoms with E-state index < -0.39 is 0 Å². The zero-order valence-corrected chi connectivity index (χ0v) is 14.0. The molecule has 0 aliphatic heterocycles. The second-order valence-corrected chi connectivity index (χ2v) is 6.59. The summed E-state index contributed by atoms with van der Waals surface area (Å²) in [6.45, 7) is 0.732. The number of hydrogen-bond donors (Lipinski definition) is 1. The molecule has 2 nitrogen and oxygen atoms in total. The van der Waals surface area contributed by atoms with Gasteiger partial charge >= 0.3 is 0 Å². The van der Waals surface area contributed by atoms with Crippen LogP contribution in [0, 0.1) is 0 Å². The first-order valence-electron chi connectivity index (χ1n) is 7.02. The van der Waals surface area contributed by atoms with Crippen LogP contribution in [0.3, 0.4) is 0 Å². The van der Waals surface area contributed by atoms with Crippen molar-refractivity contribution in [3.8, 4) is 0 Å². The number of thiocarbonyl (C=S) groups is 1. The Morgan fingerprint density at radius 1 is 1.25 bits per heavy atom. The van der Waals surface area contributed by atoms with Gasteiger partial charge in [-0.05, 0) is 42.8 Å². The van der Waals surface area contributed by atoms with Crippen LogP contribution in [0.25, 0.3) is 0 Å². The fourth-order valence-corrected chi connectivity index (χ4v) is 3.07. The van der Waals surface area contributed by atoms with Crippen molar-refractivity contribution in [2.24, 2.45) is 0 Å². The number of nitrogens with one attached hydrogen (secondary N) is 1. The van der Waals surface area contributed by atoms with Crippen LogP contribution >= 0.6 is 35.4 Å². The molecular weight excluding hydrogens is 311 g/mol. The highest BCUT2D eigenvalue weighted by Crippen LogP contribution is 2.23. The summed E-state index contributed by atoms with van der Waals surface area (Å²) in [5, 5.41) is 5.44. The van der Waals surface area contributed by atoms with E-state index in [1.54, 1.807) is 0 Å². The molecule has 0 aromatic heterocycles. The van der Waals surface area contributed by atoms with Crippen molar-refractivity contribution in [1.82, 2.24) is 10.2 Å². The van der Waals surface area contributed by atoms with Crippen molar-refractivity contribution in [2.75, 3.05) is 7.05 Å². The lowest BCUT2D eigenvalue weighted by atomic mass is 9.96. The van der Waals surface area contributed by atoms with Gasteiger partial charge in [-0.25, -0.2) is 0 Å². The Morgan fingerprint density at radius 2 is 1.95 bits per heavy atom.